The molecule has 1 aromatic carbocycles. The lowest BCUT2D eigenvalue weighted by Crippen LogP contribution is -2.37. The third kappa shape index (κ3) is 3.51. The summed E-state index contributed by atoms with van der Waals surface area (Å²) >= 11 is 3.23. The van der Waals surface area contributed by atoms with Crippen LogP contribution in [0.1, 0.15) is 12.8 Å². The molecule has 0 saturated carbocycles. The SMILES string of the molecule is O=C(Nc1ccc([N+](=O)[O-])cc1Br)[C@@H]1CCCNC1. The molecule has 0 unspecified atom stereocenters. The van der Waals surface area contributed by atoms with Gasteiger partial charge in [-0.2, -0.15) is 0 Å². The van der Waals surface area contributed by atoms with Crippen molar-refractivity contribution in [3.63, 3.8) is 0 Å². The van der Waals surface area contributed by atoms with E-state index in [9.17, 15) is 14.9 Å². The van der Waals surface area contributed by atoms with Gasteiger partial charge in [-0.3, -0.25) is 14.9 Å². The second kappa shape index (κ2) is 6.12. The van der Waals surface area contributed by atoms with E-state index in [0.29, 0.717) is 16.7 Å². The van der Waals surface area contributed by atoms with Gasteiger partial charge in [0.15, 0.2) is 0 Å². The first-order valence-electron chi connectivity index (χ1n) is 6.03. The normalized spacial score (nSPS) is 18.9. The highest BCUT2D eigenvalue weighted by Crippen LogP contribution is 2.27. The summed E-state index contributed by atoms with van der Waals surface area (Å²) < 4.78 is 0.513. The van der Waals surface area contributed by atoms with E-state index in [2.05, 4.69) is 26.6 Å². The topological polar surface area (TPSA) is 84.3 Å². The molecule has 1 saturated heterocycles. The van der Waals surface area contributed by atoms with E-state index in [1.165, 1.54) is 18.2 Å². The van der Waals surface area contributed by atoms with E-state index >= 15 is 0 Å². The number of rotatable bonds is 3. The Labute approximate surface area is 118 Å². The number of nitrogens with one attached hydrogen (secondary N) is 2. The van der Waals surface area contributed by atoms with Crippen LogP contribution in [0.4, 0.5) is 11.4 Å². The maximum atomic E-state index is 12.0. The molecule has 1 atom stereocenters. The number of hydrogen-bond acceptors (Lipinski definition) is 4. The molecule has 1 aliphatic rings. The molecular weight excluding hydrogens is 314 g/mol. The maximum Gasteiger partial charge on any atom is 0.270 e. The number of nitrogens with zero attached hydrogens (tertiary/aromatic N) is 1. The van der Waals surface area contributed by atoms with E-state index < -0.39 is 4.92 Å². The Hall–Kier alpha value is -1.47. The number of non-ortho nitro benzene ring substituents is 1. The predicted octanol–water partition coefficient (Wildman–Crippen LogP) is 2.30. The van der Waals surface area contributed by atoms with Gasteiger partial charge in [0.2, 0.25) is 5.91 Å². The number of nitro groups is 1. The van der Waals surface area contributed by atoms with Gasteiger partial charge in [-0.05, 0) is 41.4 Å². The van der Waals surface area contributed by atoms with Crippen LogP contribution >= 0.6 is 15.9 Å². The Bertz CT molecular complexity index is 501. The highest BCUT2D eigenvalue weighted by atomic mass is 79.9. The van der Waals surface area contributed by atoms with E-state index in [1.54, 1.807) is 0 Å². The predicted molar refractivity (Wildman–Crippen MR) is 75.0 cm³/mol. The van der Waals surface area contributed by atoms with Gasteiger partial charge in [0, 0.05) is 23.2 Å². The molecule has 1 aliphatic heterocycles. The van der Waals surface area contributed by atoms with E-state index in [1.807, 2.05) is 0 Å². The van der Waals surface area contributed by atoms with Gasteiger partial charge in [-0.15, -0.1) is 0 Å². The van der Waals surface area contributed by atoms with Crippen molar-refractivity contribution < 1.29 is 9.72 Å². The van der Waals surface area contributed by atoms with Crippen molar-refractivity contribution >= 4 is 33.2 Å². The van der Waals surface area contributed by atoms with Gasteiger partial charge >= 0.3 is 0 Å². The highest BCUT2D eigenvalue weighted by molar-refractivity contribution is 9.10. The molecule has 1 heterocycles. The monoisotopic (exact) mass is 327 g/mol. The molecule has 0 bridgehead atoms. The van der Waals surface area contributed by atoms with Crippen LogP contribution in [0.15, 0.2) is 22.7 Å². The quantitative estimate of drug-likeness (QED) is 0.659. The Morgan fingerprint density at radius 1 is 1.53 bits per heavy atom. The Balaban J connectivity index is 2.06. The molecule has 1 fully saturated rings. The van der Waals surface area contributed by atoms with Gasteiger partial charge in [-0.25, -0.2) is 0 Å². The van der Waals surface area contributed by atoms with Crippen molar-refractivity contribution in [2.45, 2.75) is 12.8 Å². The zero-order valence-corrected chi connectivity index (χ0v) is 11.8. The number of hydrogen-bond donors (Lipinski definition) is 2. The van der Waals surface area contributed by atoms with Crippen LogP contribution in [0.3, 0.4) is 0 Å². The summed E-state index contributed by atoms with van der Waals surface area (Å²) in [6.07, 6.45) is 1.85. The summed E-state index contributed by atoms with van der Waals surface area (Å²) in [7, 11) is 0. The van der Waals surface area contributed by atoms with E-state index in [-0.39, 0.29) is 17.5 Å². The fourth-order valence-corrected chi connectivity index (χ4v) is 2.50. The van der Waals surface area contributed by atoms with Crippen molar-refractivity contribution in [2.75, 3.05) is 18.4 Å². The summed E-state index contributed by atoms with van der Waals surface area (Å²) in [5.74, 6) is -0.0994. The van der Waals surface area contributed by atoms with Gasteiger partial charge < -0.3 is 10.6 Å². The number of piperidine rings is 1. The molecule has 0 aliphatic carbocycles. The zero-order chi connectivity index (χ0) is 13.8. The molecular formula is C12H14BrN3O3. The Morgan fingerprint density at radius 2 is 2.32 bits per heavy atom. The fraction of sp³-hybridized carbons (Fsp3) is 0.417. The third-order valence-electron chi connectivity index (χ3n) is 3.09. The molecule has 19 heavy (non-hydrogen) atoms. The van der Waals surface area contributed by atoms with Crippen molar-refractivity contribution in [3.8, 4) is 0 Å². The van der Waals surface area contributed by atoms with Gasteiger partial charge in [0.05, 0.1) is 16.5 Å². The smallest absolute Gasteiger partial charge is 0.270 e. The van der Waals surface area contributed by atoms with E-state index in [4.69, 9.17) is 0 Å². The number of nitro benzene ring substituents is 1. The summed E-state index contributed by atoms with van der Waals surface area (Å²) in [6.45, 7) is 1.63. The zero-order valence-electron chi connectivity index (χ0n) is 10.2. The van der Waals surface area contributed by atoms with Crippen LogP contribution in [-0.2, 0) is 4.79 Å². The minimum absolute atomic E-state index is 0.00999. The standard InChI is InChI=1S/C12H14BrN3O3/c13-10-6-9(16(18)19)3-4-11(10)15-12(17)8-2-1-5-14-7-8/h3-4,6,8,14H,1-2,5,7H2,(H,15,17)/t8-/m1/s1. The van der Waals surface area contributed by atoms with Crippen molar-refractivity contribution in [2.24, 2.45) is 5.92 Å². The lowest BCUT2D eigenvalue weighted by atomic mass is 9.99. The van der Waals surface area contributed by atoms with Gasteiger partial charge in [-0.1, -0.05) is 0 Å². The minimum Gasteiger partial charge on any atom is -0.325 e. The summed E-state index contributed by atoms with van der Waals surface area (Å²) in [4.78, 5) is 22.2. The van der Waals surface area contributed by atoms with Crippen LogP contribution < -0.4 is 10.6 Å². The van der Waals surface area contributed by atoms with Crippen LogP contribution in [0.2, 0.25) is 0 Å². The molecule has 2 N–H and O–H groups in total. The maximum absolute atomic E-state index is 12.0. The first kappa shape index (κ1) is 14.0. The van der Waals surface area contributed by atoms with Gasteiger partial charge in [0.1, 0.15) is 0 Å². The lowest BCUT2D eigenvalue weighted by molar-refractivity contribution is -0.384. The second-order valence-corrected chi connectivity index (χ2v) is 5.31. The Kier molecular flexibility index (Phi) is 4.49. The van der Waals surface area contributed by atoms with E-state index in [0.717, 1.165) is 19.4 Å². The number of amides is 1. The highest BCUT2D eigenvalue weighted by Gasteiger charge is 2.21. The number of carbonyl (C=O) groups excluding carboxylic acids is 1. The molecule has 1 aromatic rings. The average molecular weight is 328 g/mol. The molecule has 6 nitrogen and oxygen atoms in total. The van der Waals surface area contributed by atoms with Crippen LogP contribution in [-0.4, -0.2) is 23.9 Å². The summed E-state index contributed by atoms with van der Waals surface area (Å²) in [6, 6.07) is 4.30. The first-order valence-corrected chi connectivity index (χ1v) is 6.83. The molecule has 2 rings (SSSR count). The molecule has 7 heteroatoms. The Morgan fingerprint density at radius 3 is 2.89 bits per heavy atom. The third-order valence-corrected chi connectivity index (χ3v) is 3.75. The second-order valence-electron chi connectivity index (χ2n) is 4.45. The molecule has 102 valence electrons. The molecule has 0 aromatic heterocycles. The van der Waals surface area contributed by atoms with Crippen molar-refractivity contribution in [3.05, 3.63) is 32.8 Å². The van der Waals surface area contributed by atoms with Crippen molar-refractivity contribution in [1.82, 2.24) is 5.32 Å². The summed E-state index contributed by atoms with van der Waals surface area (Å²) in [5.41, 5.74) is 0.547. The molecule has 1 amide bonds. The van der Waals surface area contributed by atoms with Crippen LogP contribution in [0.25, 0.3) is 0 Å². The molecule has 0 spiro atoms. The number of anilines is 1. The van der Waals surface area contributed by atoms with Crippen LogP contribution in [0, 0.1) is 16.0 Å². The number of benzene rings is 1. The first-order chi connectivity index (χ1) is 9.08. The lowest BCUT2D eigenvalue weighted by Gasteiger charge is -2.22. The number of halogens is 1. The summed E-state index contributed by atoms with van der Waals surface area (Å²) in [5, 5.41) is 16.6. The van der Waals surface area contributed by atoms with Gasteiger partial charge in [0.25, 0.3) is 5.69 Å². The average Bonchev–Trinajstić information content (AvgIpc) is 2.41. The van der Waals surface area contributed by atoms with Crippen molar-refractivity contribution in [1.29, 1.82) is 0 Å². The molecule has 0 radical (unpaired) electrons. The largest absolute Gasteiger partial charge is 0.325 e. The fourth-order valence-electron chi connectivity index (χ4n) is 2.03. The minimum atomic E-state index is -0.471. The number of carbonyl (C=O) groups is 1. The van der Waals surface area contributed by atoms with Crippen LogP contribution in [0.5, 0.6) is 0 Å².